The summed E-state index contributed by atoms with van der Waals surface area (Å²) >= 11 is 0. The summed E-state index contributed by atoms with van der Waals surface area (Å²) in [5.41, 5.74) is 5.16. The van der Waals surface area contributed by atoms with E-state index in [1.165, 1.54) is 0 Å². The number of benzene rings is 3. The van der Waals surface area contributed by atoms with Crippen LogP contribution >= 0.6 is 0 Å². The molecule has 0 spiro atoms. The molecular formula is C30H36N2O4Si. The van der Waals surface area contributed by atoms with Crippen molar-refractivity contribution in [2.75, 3.05) is 27.6 Å². The number of hydrogen-bond acceptors (Lipinski definition) is 5. The van der Waals surface area contributed by atoms with Gasteiger partial charge in [0.1, 0.15) is 6.73 Å². The van der Waals surface area contributed by atoms with E-state index in [1.54, 1.807) is 14.2 Å². The van der Waals surface area contributed by atoms with Crippen LogP contribution in [-0.2, 0) is 16.2 Å². The van der Waals surface area contributed by atoms with Gasteiger partial charge in [0.25, 0.3) is 0 Å². The monoisotopic (exact) mass is 516 g/mol. The molecule has 4 rings (SSSR count). The number of aromatic nitrogens is 2. The van der Waals surface area contributed by atoms with E-state index < -0.39 is 8.07 Å². The summed E-state index contributed by atoms with van der Waals surface area (Å²) in [5, 5.41) is 5.99. The Kier molecular flexibility index (Phi) is 8.81. The van der Waals surface area contributed by atoms with Gasteiger partial charge in [-0.25, -0.2) is 4.68 Å². The fourth-order valence-electron chi connectivity index (χ4n) is 3.96. The highest BCUT2D eigenvalue weighted by atomic mass is 28.3. The van der Waals surface area contributed by atoms with Gasteiger partial charge in [-0.05, 0) is 53.1 Å². The van der Waals surface area contributed by atoms with E-state index in [0.29, 0.717) is 18.2 Å². The lowest BCUT2D eigenvalue weighted by molar-refractivity contribution is 0.0492. The van der Waals surface area contributed by atoms with E-state index in [2.05, 4.69) is 62.1 Å². The second-order valence-corrected chi connectivity index (χ2v) is 15.7. The van der Waals surface area contributed by atoms with Crippen LogP contribution < -0.4 is 9.47 Å². The van der Waals surface area contributed by atoms with E-state index in [1.807, 2.05) is 41.1 Å². The maximum atomic E-state index is 6.08. The molecule has 0 radical (unpaired) electrons. The zero-order chi connectivity index (χ0) is 26.3. The number of methoxy groups -OCH3 is 2. The SMILES string of the molecule is COCOc1ccc(-c2ccc3c(C=Cc4ccccc4)nn(COCC[Si](C)(C)C)c3c2)cc1OC. The van der Waals surface area contributed by atoms with Crippen LogP contribution in [0.15, 0.2) is 66.7 Å². The van der Waals surface area contributed by atoms with Crippen LogP contribution in [0, 0.1) is 0 Å². The molecule has 0 unspecified atom stereocenters. The van der Waals surface area contributed by atoms with E-state index in [0.717, 1.165) is 45.9 Å². The van der Waals surface area contributed by atoms with Crippen LogP contribution in [-0.4, -0.2) is 45.5 Å². The van der Waals surface area contributed by atoms with Gasteiger partial charge in [-0.2, -0.15) is 5.10 Å². The van der Waals surface area contributed by atoms with Crippen molar-refractivity contribution in [3.8, 4) is 22.6 Å². The van der Waals surface area contributed by atoms with Gasteiger partial charge in [0.2, 0.25) is 0 Å². The van der Waals surface area contributed by atoms with Gasteiger partial charge in [-0.3, -0.25) is 0 Å². The normalized spacial score (nSPS) is 11.9. The topological polar surface area (TPSA) is 54.7 Å². The Morgan fingerprint density at radius 3 is 2.35 bits per heavy atom. The third kappa shape index (κ3) is 7.10. The van der Waals surface area contributed by atoms with E-state index >= 15 is 0 Å². The van der Waals surface area contributed by atoms with Crippen molar-refractivity contribution in [3.63, 3.8) is 0 Å². The second-order valence-electron chi connectivity index (χ2n) is 10.1. The summed E-state index contributed by atoms with van der Waals surface area (Å²) < 4.78 is 24.2. The molecule has 37 heavy (non-hydrogen) atoms. The van der Waals surface area contributed by atoms with Crippen molar-refractivity contribution < 1.29 is 18.9 Å². The molecule has 0 bridgehead atoms. The molecule has 0 aliphatic carbocycles. The van der Waals surface area contributed by atoms with Crippen LogP contribution in [0.3, 0.4) is 0 Å². The lowest BCUT2D eigenvalue weighted by Gasteiger charge is -2.15. The average Bonchev–Trinajstić information content (AvgIpc) is 3.25. The van der Waals surface area contributed by atoms with Crippen molar-refractivity contribution in [1.82, 2.24) is 9.78 Å². The first-order valence-corrected chi connectivity index (χ1v) is 16.2. The summed E-state index contributed by atoms with van der Waals surface area (Å²) in [7, 11) is 2.07. The van der Waals surface area contributed by atoms with Gasteiger partial charge in [-0.15, -0.1) is 0 Å². The standard InChI is InChI=1S/C30H36N2O4Si/c1-33-22-36-29-16-13-25(20-30(29)34-2)24-12-14-26-27(15-11-23-9-7-6-8-10-23)31-32(28(26)19-24)21-35-17-18-37(3,4)5/h6-16,19-20H,17-18,21-22H2,1-5H3. The molecular weight excluding hydrogens is 480 g/mol. The van der Waals surface area contributed by atoms with Crippen LogP contribution in [0.25, 0.3) is 34.2 Å². The Hall–Kier alpha value is -3.39. The lowest BCUT2D eigenvalue weighted by Crippen LogP contribution is -2.22. The Morgan fingerprint density at radius 2 is 1.62 bits per heavy atom. The largest absolute Gasteiger partial charge is 0.493 e. The summed E-state index contributed by atoms with van der Waals surface area (Å²) in [6.07, 6.45) is 4.16. The molecule has 1 heterocycles. The Bertz CT molecular complexity index is 1340. The number of ether oxygens (including phenoxy) is 4. The molecule has 0 amide bonds. The van der Waals surface area contributed by atoms with Gasteiger partial charge in [-0.1, -0.05) is 68.2 Å². The minimum atomic E-state index is -1.17. The summed E-state index contributed by atoms with van der Waals surface area (Å²) in [4.78, 5) is 0. The Balaban J connectivity index is 1.67. The molecule has 194 valence electrons. The van der Waals surface area contributed by atoms with E-state index in [4.69, 9.17) is 24.0 Å². The van der Waals surface area contributed by atoms with Crippen molar-refractivity contribution in [2.45, 2.75) is 32.4 Å². The summed E-state index contributed by atoms with van der Waals surface area (Å²) in [6.45, 7) is 8.40. The third-order valence-corrected chi connectivity index (χ3v) is 7.76. The Labute approximate surface area is 220 Å². The highest BCUT2D eigenvalue weighted by Gasteiger charge is 2.15. The first-order chi connectivity index (χ1) is 17.9. The van der Waals surface area contributed by atoms with Crippen molar-refractivity contribution in [1.29, 1.82) is 0 Å². The van der Waals surface area contributed by atoms with Gasteiger partial charge < -0.3 is 18.9 Å². The van der Waals surface area contributed by atoms with Crippen LogP contribution in [0.1, 0.15) is 11.3 Å². The maximum Gasteiger partial charge on any atom is 0.188 e. The van der Waals surface area contributed by atoms with Gasteiger partial charge in [0.05, 0.1) is 18.3 Å². The fraction of sp³-hybridized carbons (Fsp3) is 0.300. The van der Waals surface area contributed by atoms with Gasteiger partial charge in [0.15, 0.2) is 18.3 Å². The number of hydrogen-bond donors (Lipinski definition) is 0. The first kappa shape index (κ1) is 26.7. The molecule has 0 fully saturated rings. The molecule has 6 nitrogen and oxygen atoms in total. The van der Waals surface area contributed by atoms with E-state index in [9.17, 15) is 0 Å². The molecule has 0 aliphatic heterocycles. The molecule has 7 heteroatoms. The summed E-state index contributed by atoms with van der Waals surface area (Å²) in [6, 6.07) is 23.7. The summed E-state index contributed by atoms with van der Waals surface area (Å²) in [5.74, 6) is 1.30. The number of rotatable bonds is 12. The van der Waals surface area contributed by atoms with Crippen molar-refractivity contribution in [2.24, 2.45) is 0 Å². The fourth-order valence-corrected chi connectivity index (χ4v) is 4.71. The van der Waals surface area contributed by atoms with Crippen LogP contribution in [0.5, 0.6) is 11.5 Å². The molecule has 0 saturated carbocycles. The molecule has 1 aromatic heterocycles. The number of nitrogens with zero attached hydrogens (tertiary/aromatic N) is 2. The smallest absolute Gasteiger partial charge is 0.188 e. The van der Waals surface area contributed by atoms with Crippen molar-refractivity contribution in [3.05, 3.63) is 78.0 Å². The number of fused-ring (bicyclic) bond motifs is 1. The molecule has 0 saturated heterocycles. The van der Waals surface area contributed by atoms with Crippen molar-refractivity contribution >= 4 is 31.1 Å². The zero-order valence-corrected chi connectivity index (χ0v) is 23.4. The zero-order valence-electron chi connectivity index (χ0n) is 22.4. The molecule has 0 aliphatic rings. The van der Waals surface area contributed by atoms with Gasteiger partial charge in [0, 0.05) is 27.2 Å². The van der Waals surface area contributed by atoms with Crippen LogP contribution in [0.2, 0.25) is 25.7 Å². The third-order valence-electron chi connectivity index (χ3n) is 6.05. The molecule has 3 aromatic carbocycles. The van der Waals surface area contributed by atoms with E-state index in [-0.39, 0.29) is 6.79 Å². The molecule has 0 atom stereocenters. The molecule has 0 N–H and O–H groups in total. The second kappa shape index (κ2) is 12.2. The quantitative estimate of drug-likeness (QED) is 0.113. The first-order valence-electron chi connectivity index (χ1n) is 12.5. The predicted octanol–water partition coefficient (Wildman–Crippen LogP) is 7.18. The predicted molar refractivity (Wildman–Crippen MR) is 154 cm³/mol. The maximum absolute atomic E-state index is 6.08. The van der Waals surface area contributed by atoms with Crippen LogP contribution in [0.4, 0.5) is 0 Å². The highest BCUT2D eigenvalue weighted by molar-refractivity contribution is 6.76. The minimum Gasteiger partial charge on any atom is -0.493 e. The minimum absolute atomic E-state index is 0.165. The Morgan fingerprint density at radius 1 is 0.865 bits per heavy atom. The lowest BCUT2D eigenvalue weighted by atomic mass is 10.0. The molecule has 4 aromatic rings. The highest BCUT2D eigenvalue weighted by Crippen LogP contribution is 2.34. The van der Waals surface area contributed by atoms with Gasteiger partial charge >= 0.3 is 0 Å². The average molecular weight is 517 g/mol.